The van der Waals surface area contributed by atoms with Gasteiger partial charge in [-0.1, -0.05) is 6.92 Å². The number of piperazine rings is 1. The van der Waals surface area contributed by atoms with Crippen molar-refractivity contribution < 1.29 is 18.8 Å². The number of nitrogens with zero attached hydrogens (tertiary/aromatic N) is 1. The summed E-state index contributed by atoms with van der Waals surface area (Å²) in [5.41, 5.74) is 0.215. The van der Waals surface area contributed by atoms with Crippen molar-refractivity contribution in [2.75, 3.05) is 6.54 Å². The van der Waals surface area contributed by atoms with E-state index in [-0.39, 0.29) is 16.6 Å². The summed E-state index contributed by atoms with van der Waals surface area (Å²) in [4.78, 5) is 36.8. The molecule has 1 fully saturated rings. The highest BCUT2D eigenvalue weighted by Gasteiger charge is 2.36. The van der Waals surface area contributed by atoms with Gasteiger partial charge in [0, 0.05) is 4.47 Å². The van der Waals surface area contributed by atoms with Crippen molar-refractivity contribution in [2.24, 2.45) is 0 Å². The summed E-state index contributed by atoms with van der Waals surface area (Å²) in [6.07, 6.45) is 0.393. The van der Waals surface area contributed by atoms with Gasteiger partial charge in [-0.2, -0.15) is 0 Å². The van der Waals surface area contributed by atoms with Crippen LogP contribution in [0.15, 0.2) is 22.7 Å². The van der Waals surface area contributed by atoms with E-state index in [4.69, 9.17) is 0 Å². The number of imide groups is 1. The zero-order valence-corrected chi connectivity index (χ0v) is 12.2. The molecule has 0 spiro atoms. The van der Waals surface area contributed by atoms with Gasteiger partial charge in [0.2, 0.25) is 11.8 Å². The Morgan fingerprint density at radius 1 is 1.50 bits per heavy atom. The number of carbonyl (C=O) groups is 3. The molecule has 1 heterocycles. The zero-order valence-electron chi connectivity index (χ0n) is 10.7. The molecule has 0 aliphatic carbocycles. The number of hydrogen-bond donors (Lipinski definition) is 1. The highest BCUT2D eigenvalue weighted by atomic mass is 79.9. The number of benzene rings is 1. The standard InChI is InChI=1S/C13H12BrFN2O3/c1-2-10-12(19)16-11(18)6-17(10)13(20)8-4-3-7(15)5-9(8)14/h3-5,10H,2,6H2,1H3,(H,16,18,19). The first-order valence-electron chi connectivity index (χ1n) is 6.03. The van der Waals surface area contributed by atoms with Crippen molar-refractivity contribution in [3.63, 3.8) is 0 Å². The Labute approximate surface area is 123 Å². The maximum absolute atomic E-state index is 13.0. The third-order valence-corrected chi connectivity index (χ3v) is 3.72. The Bertz CT molecular complexity index is 591. The average molecular weight is 343 g/mol. The number of hydrogen-bond acceptors (Lipinski definition) is 3. The summed E-state index contributed by atoms with van der Waals surface area (Å²) in [6, 6.07) is 2.95. The topological polar surface area (TPSA) is 66.5 Å². The van der Waals surface area contributed by atoms with E-state index in [0.717, 1.165) is 6.07 Å². The second-order valence-electron chi connectivity index (χ2n) is 4.39. The quantitative estimate of drug-likeness (QED) is 0.827. The molecule has 1 aliphatic rings. The fraction of sp³-hybridized carbons (Fsp3) is 0.308. The first-order valence-corrected chi connectivity index (χ1v) is 6.83. The molecule has 3 amide bonds. The monoisotopic (exact) mass is 342 g/mol. The van der Waals surface area contributed by atoms with Crippen molar-refractivity contribution in [3.8, 4) is 0 Å². The van der Waals surface area contributed by atoms with E-state index in [9.17, 15) is 18.8 Å². The van der Waals surface area contributed by atoms with Crippen LogP contribution in [0.3, 0.4) is 0 Å². The van der Waals surface area contributed by atoms with Gasteiger partial charge in [-0.25, -0.2) is 4.39 Å². The predicted octanol–water partition coefficient (Wildman–Crippen LogP) is 1.47. The average Bonchev–Trinajstić information content (AvgIpc) is 2.37. The van der Waals surface area contributed by atoms with Crippen molar-refractivity contribution in [1.82, 2.24) is 10.2 Å². The lowest BCUT2D eigenvalue weighted by molar-refractivity contribution is -0.138. The molecule has 2 rings (SSSR count). The lowest BCUT2D eigenvalue weighted by atomic mass is 10.1. The van der Waals surface area contributed by atoms with Crippen molar-refractivity contribution >= 4 is 33.7 Å². The van der Waals surface area contributed by atoms with Gasteiger partial charge in [0.1, 0.15) is 18.4 Å². The summed E-state index contributed by atoms with van der Waals surface area (Å²) in [5.74, 6) is -1.97. The molecule has 1 N–H and O–H groups in total. The molecule has 0 radical (unpaired) electrons. The van der Waals surface area contributed by atoms with Crippen molar-refractivity contribution in [3.05, 3.63) is 34.1 Å². The van der Waals surface area contributed by atoms with E-state index >= 15 is 0 Å². The van der Waals surface area contributed by atoms with E-state index < -0.39 is 29.6 Å². The minimum Gasteiger partial charge on any atom is -0.317 e. The van der Waals surface area contributed by atoms with Gasteiger partial charge in [0.15, 0.2) is 0 Å². The molecule has 0 aromatic heterocycles. The zero-order chi connectivity index (χ0) is 14.9. The fourth-order valence-electron chi connectivity index (χ4n) is 2.10. The van der Waals surface area contributed by atoms with Crippen LogP contribution in [-0.4, -0.2) is 35.2 Å². The van der Waals surface area contributed by atoms with Gasteiger partial charge in [-0.3, -0.25) is 19.7 Å². The molecule has 5 nitrogen and oxygen atoms in total. The molecule has 1 aromatic carbocycles. The van der Waals surface area contributed by atoms with Crippen LogP contribution in [0.25, 0.3) is 0 Å². The van der Waals surface area contributed by atoms with Gasteiger partial charge in [-0.05, 0) is 40.5 Å². The van der Waals surface area contributed by atoms with Crippen LogP contribution in [0.5, 0.6) is 0 Å². The SMILES string of the molecule is CCC1C(=O)NC(=O)CN1C(=O)c1ccc(F)cc1Br. The second kappa shape index (κ2) is 5.70. The largest absolute Gasteiger partial charge is 0.317 e. The van der Waals surface area contributed by atoms with Crippen LogP contribution in [-0.2, 0) is 9.59 Å². The van der Waals surface area contributed by atoms with E-state index in [1.54, 1.807) is 6.92 Å². The van der Waals surface area contributed by atoms with Crippen LogP contribution < -0.4 is 5.32 Å². The second-order valence-corrected chi connectivity index (χ2v) is 5.25. The van der Waals surface area contributed by atoms with Crippen LogP contribution in [0.1, 0.15) is 23.7 Å². The fourth-order valence-corrected chi connectivity index (χ4v) is 2.62. The lowest BCUT2D eigenvalue weighted by Gasteiger charge is -2.33. The maximum atomic E-state index is 13.0. The minimum absolute atomic E-state index is 0.188. The highest BCUT2D eigenvalue weighted by Crippen LogP contribution is 2.22. The summed E-state index contributed by atoms with van der Waals surface area (Å²) in [5, 5.41) is 2.20. The molecule has 0 saturated carbocycles. The molecule has 1 unspecified atom stereocenters. The van der Waals surface area contributed by atoms with Gasteiger partial charge in [-0.15, -0.1) is 0 Å². The van der Waals surface area contributed by atoms with Crippen LogP contribution in [0, 0.1) is 5.82 Å². The normalized spacial score (nSPS) is 18.9. The summed E-state index contributed by atoms with van der Waals surface area (Å²) in [6.45, 7) is 1.56. The lowest BCUT2D eigenvalue weighted by Crippen LogP contribution is -2.59. The summed E-state index contributed by atoms with van der Waals surface area (Å²) in [7, 11) is 0. The van der Waals surface area contributed by atoms with Crippen molar-refractivity contribution in [2.45, 2.75) is 19.4 Å². The van der Waals surface area contributed by atoms with Gasteiger partial charge < -0.3 is 4.90 Å². The maximum Gasteiger partial charge on any atom is 0.256 e. The first-order chi connectivity index (χ1) is 9.43. The van der Waals surface area contributed by atoms with E-state index in [2.05, 4.69) is 21.2 Å². The van der Waals surface area contributed by atoms with E-state index in [1.807, 2.05) is 0 Å². The highest BCUT2D eigenvalue weighted by molar-refractivity contribution is 9.10. The van der Waals surface area contributed by atoms with E-state index in [1.165, 1.54) is 17.0 Å². The van der Waals surface area contributed by atoms with Gasteiger partial charge in [0.25, 0.3) is 5.91 Å². The molecule has 1 saturated heterocycles. The Morgan fingerprint density at radius 3 is 2.80 bits per heavy atom. The van der Waals surface area contributed by atoms with Crippen LogP contribution in [0.2, 0.25) is 0 Å². The van der Waals surface area contributed by atoms with Gasteiger partial charge in [0.05, 0.1) is 5.56 Å². The Kier molecular flexibility index (Phi) is 4.17. The third kappa shape index (κ3) is 2.72. The molecule has 1 aliphatic heterocycles. The number of halogens is 2. The minimum atomic E-state index is -0.697. The molecular weight excluding hydrogens is 331 g/mol. The smallest absolute Gasteiger partial charge is 0.256 e. The molecule has 106 valence electrons. The number of rotatable bonds is 2. The van der Waals surface area contributed by atoms with Crippen LogP contribution >= 0.6 is 15.9 Å². The molecule has 1 aromatic rings. The number of amides is 3. The predicted molar refractivity (Wildman–Crippen MR) is 72.4 cm³/mol. The third-order valence-electron chi connectivity index (χ3n) is 3.06. The summed E-state index contributed by atoms with van der Waals surface area (Å²) < 4.78 is 13.3. The molecule has 1 atom stereocenters. The Morgan fingerprint density at radius 2 is 2.20 bits per heavy atom. The Hall–Kier alpha value is -1.76. The Balaban J connectivity index is 2.34. The number of nitrogens with one attached hydrogen (secondary N) is 1. The first kappa shape index (κ1) is 14.6. The number of carbonyl (C=O) groups excluding carboxylic acids is 3. The molecular formula is C13H12BrFN2O3. The molecule has 7 heteroatoms. The molecule has 20 heavy (non-hydrogen) atoms. The summed E-state index contributed by atoms with van der Waals surface area (Å²) >= 11 is 3.11. The van der Waals surface area contributed by atoms with Gasteiger partial charge >= 0.3 is 0 Å². The van der Waals surface area contributed by atoms with E-state index in [0.29, 0.717) is 6.42 Å². The van der Waals surface area contributed by atoms with Crippen molar-refractivity contribution in [1.29, 1.82) is 0 Å². The van der Waals surface area contributed by atoms with Crippen LogP contribution in [0.4, 0.5) is 4.39 Å². The molecule has 0 bridgehead atoms.